The number of aryl methyl sites for hydroxylation is 2. The third-order valence-corrected chi connectivity index (χ3v) is 10.1. The maximum Gasteiger partial charge on any atom is 0.219 e. The Kier molecular flexibility index (Phi) is 13.1. The highest BCUT2D eigenvalue weighted by molar-refractivity contribution is 6.32. The molecule has 0 radical (unpaired) electrons. The van der Waals surface area contributed by atoms with E-state index in [9.17, 15) is 4.79 Å². The summed E-state index contributed by atoms with van der Waals surface area (Å²) in [6.45, 7) is 15.6. The van der Waals surface area contributed by atoms with Crippen LogP contribution < -0.4 is 14.2 Å². The molecule has 1 fully saturated rings. The number of rotatable bonds is 15. The third-order valence-electron chi connectivity index (χ3n) is 9.82. The van der Waals surface area contributed by atoms with Gasteiger partial charge in [0.2, 0.25) is 5.88 Å². The molecule has 0 saturated carbocycles. The number of aldehydes is 1. The lowest BCUT2D eigenvalue weighted by atomic mass is 10.0. The molecule has 8 heteroatoms. The normalized spacial score (nSPS) is 13.8. The number of benzene rings is 4. The molecule has 0 atom stereocenters. The van der Waals surface area contributed by atoms with E-state index >= 15 is 0 Å². The second-order valence-corrected chi connectivity index (χ2v) is 14.8. The maximum atomic E-state index is 12.1. The van der Waals surface area contributed by atoms with Gasteiger partial charge in [-0.1, -0.05) is 91.7 Å². The average Bonchev–Trinajstić information content (AvgIpc) is 3.18. The minimum atomic E-state index is 0.415. The number of nitrogens with zero attached hydrogens (tertiary/aromatic N) is 3. The summed E-state index contributed by atoms with van der Waals surface area (Å²) in [5.41, 5.74) is 9.48. The molecule has 2 heterocycles. The van der Waals surface area contributed by atoms with Crippen molar-refractivity contribution < 1.29 is 19.0 Å². The van der Waals surface area contributed by atoms with Crippen LogP contribution in [-0.4, -0.2) is 53.9 Å². The van der Waals surface area contributed by atoms with Gasteiger partial charge in [-0.25, -0.2) is 4.98 Å². The first kappa shape index (κ1) is 38.6. The van der Waals surface area contributed by atoms with Gasteiger partial charge in [-0.3, -0.25) is 9.69 Å². The van der Waals surface area contributed by atoms with Gasteiger partial charge < -0.3 is 19.1 Å². The molecule has 6 rings (SSSR count). The number of hydrogen-bond acceptors (Lipinski definition) is 7. The van der Waals surface area contributed by atoms with Crippen molar-refractivity contribution in [2.45, 2.75) is 60.1 Å². The van der Waals surface area contributed by atoms with Crippen molar-refractivity contribution >= 4 is 23.6 Å². The average molecular weight is 744 g/mol. The van der Waals surface area contributed by atoms with Crippen LogP contribution in [0.4, 0.5) is 0 Å². The van der Waals surface area contributed by atoms with Gasteiger partial charge in [0.05, 0.1) is 23.5 Å². The summed E-state index contributed by atoms with van der Waals surface area (Å²) >= 11 is 6.85. The van der Waals surface area contributed by atoms with Crippen molar-refractivity contribution in [3.63, 3.8) is 0 Å². The highest BCUT2D eigenvalue weighted by Gasteiger charge is 2.23. The smallest absolute Gasteiger partial charge is 0.219 e. The van der Waals surface area contributed by atoms with E-state index in [2.05, 4.69) is 108 Å². The predicted molar refractivity (Wildman–Crippen MR) is 218 cm³/mol. The van der Waals surface area contributed by atoms with Gasteiger partial charge in [0, 0.05) is 56.3 Å². The molecule has 0 aliphatic carbocycles. The van der Waals surface area contributed by atoms with Crippen LogP contribution >= 0.6 is 11.6 Å². The number of hydrogen-bond donors (Lipinski definition) is 0. The number of carbonyl (C=O) groups excluding carboxylic acids is 1. The van der Waals surface area contributed by atoms with Gasteiger partial charge in [0.15, 0.2) is 5.75 Å². The first-order valence-electron chi connectivity index (χ1n) is 18.7. The molecule has 54 heavy (non-hydrogen) atoms. The zero-order valence-electron chi connectivity index (χ0n) is 32.0. The standard InChI is InChI=1S/C46H50ClN3O4/c1-32(2)39-14-16-41(17-15-39)52-25-20-36-10-12-37(13-11-36)29-49-21-23-50(24-22-49)45(35(5)30-51)40-26-34(4)46(43(47)27-40)54-44-19-18-42(28-48-44)53-31-38-8-6-33(3)7-9-38/h6-19,26-28,30,32H,20-25,29,31H2,1-5H3/b45-35+. The molecular weight excluding hydrogens is 694 g/mol. The van der Waals surface area contributed by atoms with E-state index in [1.807, 2.05) is 32.0 Å². The van der Waals surface area contributed by atoms with Gasteiger partial charge in [0.1, 0.15) is 24.4 Å². The Labute approximate surface area is 325 Å². The molecule has 4 aromatic carbocycles. The van der Waals surface area contributed by atoms with E-state index in [-0.39, 0.29) is 0 Å². The molecule has 0 spiro atoms. The van der Waals surface area contributed by atoms with Crippen LogP contribution in [0.1, 0.15) is 65.6 Å². The lowest BCUT2D eigenvalue weighted by Crippen LogP contribution is -2.45. The number of aromatic nitrogens is 1. The number of ether oxygens (including phenoxy) is 3. The quantitative estimate of drug-likeness (QED) is 0.0781. The van der Waals surface area contributed by atoms with Crippen LogP contribution in [-0.2, 0) is 24.4 Å². The summed E-state index contributed by atoms with van der Waals surface area (Å²) in [7, 11) is 0. The van der Waals surface area contributed by atoms with E-state index in [1.54, 1.807) is 12.3 Å². The minimum absolute atomic E-state index is 0.415. The Bertz CT molecular complexity index is 1990. The fourth-order valence-corrected chi connectivity index (χ4v) is 6.92. The zero-order valence-corrected chi connectivity index (χ0v) is 32.7. The molecule has 0 N–H and O–H groups in total. The molecule has 0 bridgehead atoms. The molecule has 1 aliphatic rings. The van der Waals surface area contributed by atoms with Crippen LogP contribution in [0, 0.1) is 13.8 Å². The summed E-state index contributed by atoms with van der Waals surface area (Å²) < 4.78 is 18.0. The van der Waals surface area contributed by atoms with Gasteiger partial charge >= 0.3 is 0 Å². The van der Waals surface area contributed by atoms with Gasteiger partial charge in [0.25, 0.3) is 0 Å². The molecule has 1 aromatic heterocycles. The molecule has 0 amide bonds. The fourth-order valence-electron chi connectivity index (χ4n) is 6.62. The number of pyridine rings is 1. The molecule has 0 unspecified atom stereocenters. The molecule has 280 valence electrons. The number of piperazine rings is 1. The minimum Gasteiger partial charge on any atom is -0.493 e. The Morgan fingerprint density at radius 2 is 1.48 bits per heavy atom. The summed E-state index contributed by atoms with van der Waals surface area (Å²) in [6.07, 6.45) is 3.44. The van der Waals surface area contributed by atoms with Crippen LogP contribution in [0.2, 0.25) is 5.02 Å². The highest BCUT2D eigenvalue weighted by atomic mass is 35.5. The second kappa shape index (κ2) is 18.3. The van der Waals surface area contributed by atoms with Crippen molar-refractivity contribution in [1.82, 2.24) is 14.8 Å². The third kappa shape index (κ3) is 10.3. The molecule has 1 aliphatic heterocycles. The molecule has 1 saturated heterocycles. The van der Waals surface area contributed by atoms with Gasteiger partial charge in [-0.15, -0.1) is 0 Å². The first-order valence-corrected chi connectivity index (χ1v) is 19.1. The second-order valence-electron chi connectivity index (χ2n) is 14.4. The fraction of sp³-hybridized carbons (Fsp3) is 0.304. The van der Waals surface area contributed by atoms with Crippen LogP contribution in [0.25, 0.3) is 5.70 Å². The summed E-state index contributed by atoms with van der Waals surface area (Å²) in [4.78, 5) is 21.3. The Morgan fingerprint density at radius 1 is 0.815 bits per heavy atom. The topological polar surface area (TPSA) is 64.1 Å². The van der Waals surface area contributed by atoms with Crippen molar-refractivity contribution in [2.75, 3.05) is 32.8 Å². The monoisotopic (exact) mass is 743 g/mol. The Morgan fingerprint density at radius 3 is 2.11 bits per heavy atom. The summed E-state index contributed by atoms with van der Waals surface area (Å²) in [5.74, 6) is 3.03. The van der Waals surface area contributed by atoms with E-state index < -0.39 is 0 Å². The van der Waals surface area contributed by atoms with E-state index in [4.69, 9.17) is 25.8 Å². The van der Waals surface area contributed by atoms with Gasteiger partial charge in [-0.2, -0.15) is 0 Å². The maximum absolute atomic E-state index is 12.1. The van der Waals surface area contributed by atoms with Crippen molar-refractivity contribution in [1.29, 1.82) is 0 Å². The predicted octanol–water partition coefficient (Wildman–Crippen LogP) is 10.2. The number of halogens is 1. The van der Waals surface area contributed by atoms with E-state index in [0.717, 1.165) is 73.6 Å². The Hall–Kier alpha value is -5.11. The van der Waals surface area contributed by atoms with E-state index in [0.29, 0.717) is 47.1 Å². The molecule has 7 nitrogen and oxygen atoms in total. The zero-order chi connectivity index (χ0) is 38.0. The lowest BCUT2D eigenvalue weighted by Gasteiger charge is -2.38. The SMILES string of the molecule is C/C(C=O)=C(/c1cc(C)c(Oc2ccc(OCc3ccc(C)cc3)cn2)c(Cl)c1)N1CCN(Cc2ccc(CCOc3ccc(C(C)C)cc3)cc2)CC1. The number of allylic oxidation sites excluding steroid dienone is 1. The molecular formula is C46H50ClN3O4. The molecule has 5 aromatic rings. The van der Waals surface area contributed by atoms with Crippen LogP contribution in [0.3, 0.4) is 0 Å². The summed E-state index contributed by atoms with van der Waals surface area (Å²) in [5, 5.41) is 0.455. The van der Waals surface area contributed by atoms with Crippen LogP contribution in [0.5, 0.6) is 23.1 Å². The van der Waals surface area contributed by atoms with Gasteiger partial charge in [-0.05, 0) is 84.8 Å². The first-order chi connectivity index (χ1) is 26.1. The number of carbonyl (C=O) groups is 1. The van der Waals surface area contributed by atoms with Crippen molar-refractivity contribution in [3.05, 3.63) is 153 Å². The lowest BCUT2D eigenvalue weighted by molar-refractivity contribution is -0.104. The summed E-state index contributed by atoms with van der Waals surface area (Å²) in [6, 6.07) is 33.0. The van der Waals surface area contributed by atoms with E-state index in [1.165, 1.54) is 22.3 Å². The Balaban J connectivity index is 1.01. The van der Waals surface area contributed by atoms with Crippen LogP contribution in [0.15, 0.2) is 109 Å². The van der Waals surface area contributed by atoms with Crippen molar-refractivity contribution in [2.24, 2.45) is 0 Å². The highest BCUT2D eigenvalue weighted by Crippen LogP contribution is 2.37. The largest absolute Gasteiger partial charge is 0.493 e. The van der Waals surface area contributed by atoms with Crippen molar-refractivity contribution in [3.8, 4) is 23.1 Å².